The quantitative estimate of drug-likeness (QED) is 0.733. The van der Waals surface area contributed by atoms with E-state index in [2.05, 4.69) is 17.0 Å². The zero-order valence-electron chi connectivity index (χ0n) is 13.8. The minimum absolute atomic E-state index is 0.00729. The van der Waals surface area contributed by atoms with Gasteiger partial charge in [0.2, 0.25) is 5.78 Å². The number of piperazine rings is 1. The molecule has 0 atom stereocenters. The van der Waals surface area contributed by atoms with Gasteiger partial charge in [0.15, 0.2) is 0 Å². The van der Waals surface area contributed by atoms with Crippen LogP contribution in [0.25, 0.3) is 0 Å². The number of quaternary nitrogens is 1. The number of phenols is 2. The summed E-state index contributed by atoms with van der Waals surface area (Å²) < 4.78 is 0. The van der Waals surface area contributed by atoms with Crippen molar-refractivity contribution in [2.75, 3.05) is 37.6 Å². The molecule has 3 rings (SSSR count). The number of nitrogens with one attached hydrogen (secondary N) is 1. The van der Waals surface area contributed by atoms with Crippen LogP contribution in [0.15, 0.2) is 42.5 Å². The third-order valence-corrected chi connectivity index (χ3v) is 4.71. The van der Waals surface area contributed by atoms with Gasteiger partial charge in [-0.1, -0.05) is 18.2 Å². The fourth-order valence-corrected chi connectivity index (χ4v) is 3.13. The first-order valence-electron chi connectivity index (χ1n) is 8.24. The lowest BCUT2D eigenvalue weighted by atomic mass is 10.0. The fraction of sp³-hybridized carbons (Fsp3) is 0.316. The van der Waals surface area contributed by atoms with E-state index >= 15 is 0 Å². The van der Waals surface area contributed by atoms with E-state index in [-0.39, 0.29) is 17.3 Å². The molecule has 0 aliphatic carbocycles. The molecule has 1 aliphatic rings. The van der Waals surface area contributed by atoms with E-state index in [1.165, 1.54) is 22.7 Å². The first-order valence-corrected chi connectivity index (χ1v) is 8.24. The Morgan fingerprint density at radius 1 is 1.08 bits per heavy atom. The Kier molecular flexibility index (Phi) is 4.71. The molecule has 0 bridgehead atoms. The van der Waals surface area contributed by atoms with Gasteiger partial charge in [-0.15, -0.1) is 0 Å². The summed E-state index contributed by atoms with van der Waals surface area (Å²) in [6, 6.07) is 13.3. The van der Waals surface area contributed by atoms with Crippen LogP contribution in [0.4, 0.5) is 5.69 Å². The van der Waals surface area contributed by atoms with Crippen LogP contribution >= 0.6 is 0 Å². The number of rotatable bonds is 4. The molecule has 2 aromatic rings. The number of carbonyl (C=O) groups is 1. The molecule has 0 radical (unpaired) electrons. The third kappa shape index (κ3) is 3.36. The summed E-state index contributed by atoms with van der Waals surface area (Å²) in [6.45, 7) is 5.56. The number of ketones is 1. The van der Waals surface area contributed by atoms with Crippen molar-refractivity contribution in [3.05, 3.63) is 53.6 Å². The zero-order valence-corrected chi connectivity index (χ0v) is 13.8. The summed E-state index contributed by atoms with van der Waals surface area (Å²) >= 11 is 0. The summed E-state index contributed by atoms with van der Waals surface area (Å²) in [5.74, 6) is -0.186. The fourth-order valence-electron chi connectivity index (χ4n) is 3.13. The number of Topliss-reactive ketones (excluding diaryl/α,β-unsaturated/α-hetero) is 1. The van der Waals surface area contributed by atoms with E-state index in [0.29, 0.717) is 17.7 Å². The van der Waals surface area contributed by atoms with E-state index in [4.69, 9.17) is 0 Å². The second kappa shape index (κ2) is 6.93. The second-order valence-corrected chi connectivity index (χ2v) is 6.28. The third-order valence-electron chi connectivity index (χ3n) is 4.71. The molecule has 3 N–H and O–H groups in total. The summed E-state index contributed by atoms with van der Waals surface area (Å²) in [7, 11) is 0. The second-order valence-electron chi connectivity index (χ2n) is 6.28. The first-order chi connectivity index (χ1) is 11.6. The Hall–Kier alpha value is -2.53. The Bertz CT molecular complexity index is 723. The van der Waals surface area contributed by atoms with Gasteiger partial charge < -0.3 is 20.0 Å². The van der Waals surface area contributed by atoms with Gasteiger partial charge in [0.1, 0.15) is 18.0 Å². The molecule has 24 heavy (non-hydrogen) atoms. The van der Waals surface area contributed by atoms with Crippen molar-refractivity contribution in [3.63, 3.8) is 0 Å². The smallest absolute Gasteiger partial charge is 0.220 e. The van der Waals surface area contributed by atoms with Gasteiger partial charge >= 0.3 is 0 Å². The zero-order chi connectivity index (χ0) is 17.1. The van der Waals surface area contributed by atoms with Crippen LogP contribution in [0.3, 0.4) is 0 Å². The van der Waals surface area contributed by atoms with Crippen molar-refractivity contribution >= 4 is 11.5 Å². The minimum Gasteiger partial charge on any atom is -0.508 e. The Labute approximate surface area is 141 Å². The number of para-hydroxylation sites is 1. The molecule has 0 saturated carbocycles. The van der Waals surface area contributed by atoms with Gasteiger partial charge in [-0.05, 0) is 31.2 Å². The predicted octanol–water partition coefficient (Wildman–Crippen LogP) is 0.994. The maximum atomic E-state index is 12.5. The average molecular weight is 327 g/mol. The molecular formula is C19H23N2O3+. The summed E-state index contributed by atoms with van der Waals surface area (Å²) in [6.07, 6.45) is 0. The monoisotopic (exact) mass is 327 g/mol. The lowest BCUT2D eigenvalue weighted by Crippen LogP contribution is -3.15. The highest BCUT2D eigenvalue weighted by atomic mass is 16.3. The van der Waals surface area contributed by atoms with Crippen LogP contribution < -0.4 is 9.80 Å². The highest BCUT2D eigenvalue weighted by Gasteiger charge is 2.24. The van der Waals surface area contributed by atoms with E-state index in [1.807, 2.05) is 18.2 Å². The van der Waals surface area contributed by atoms with Gasteiger partial charge in [0, 0.05) is 11.3 Å². The summed E-state index contributed by atoms with van der Waals surface area (Å²) in [4.78, 5) is 16.0. The molecule has 126 valence electrons. The standard InChI is InChI=1S/C19H22N2O3/c1-14-17(22)8-7-16(19(14)24)18(23)13-20-9-11-21(12-10-20)15-5-3-2-4-6-15/h2-8,22,24H,9-13H2,1H3/p+1. The maximum Gasteiger partial charge on any atom is 0.220 e. The SMILES string of the molecule is Cc1c(O)ccc(C(=O)C[NH+]2CCN(c3ccccc3)CC2)c1O. The highest BCUT2D eigenvalue weighted by Crippen LogP contribution is 2.29. The molecule has 0 unspecified atom stereocenters. The molecule has 2 aromatic carbocycles. The molecule has 0 amide bonds. The van der Waals surface area contributed by atoms with Crippen LogP contribution in [-0.4, -0.2) is 48.7 Å². The lowest BCUT2D eigenvalue weighted by Gasteiger charge is -2.33. The van der Waals surface area contributed by atoms with Crippen molar-refractivity contribution in [3.8, 4) is 11.5 Å². The molecule has 0 aromatic heterocycles. The van der Waals surface area contributed by atoms with Crippen molar-refractivity contribution in [1.82, 2.24) is 0 Å². The van der Waals surface area contributed by atoms with Crippen LogP contribution in [-0.2, 0) is 0 Å². The molecular weight excluding hydrogens is 304 g/mol. The number of nitrogens with zero attached hydrogens (tertiary/aromatic N) is 1. The molecule has 5 nitrogen and oxygen atoms in total. The minimum atomic E-state index is -0.109. The average Bonchev–Trinajstić information content (AvgIpc) is 2.61. The van der Waals surface area contributed by atoms with Gasteiger partial charge in [-0.3, -0.25) is 4.79 Å². The highest BCUT2D eigenvalue weighted by molar-refractivity contribution is 5.99. The molecule has 1 aliphatic heterocycles. The number of phenolic OH excluding ortho intramolecular Hbond substituents is 2. The van der Waals surface area contributed by atoms with Crippen molar-refractivity contribution in [1.29, 1.82) is 0 Å². The van der Waals surface area contributed by atoms with Crippen LogP contribution in [0, 0.1) is 6.92 Å². The van der Waals surface area contributed by atoms with E-state index in [1.54, 1.807) is 6.92 Å². The Morgan fingerprint density at radius 2 is 1.75 bits per heavy atom. The number of benzene rings is 2. The van der Waals surface area contributed by atoms with Gasteiger partial charge in [-0.25, -0.2) is 0 Å². The van der Waals surface area contributed by atoms with Crippen molar-refractivity contribution < 1.29 is 19.9 Å². The number of anilines is 1. The maximum absolute atomic E-state index is 12.5. The molecule has 1 saturated heterocycles. The van der Waals surface area contributed by atoms with Gasteiger partial charge in [0.25, 0.3) is 0 Å². The number of carbonyl (C=O) groups excluding carboxylic acids is 1. The number of aromatic hydroxyl groups is 2. The van der Waals surface area contributed by atoms with Gasteiger partial charge in [0.05, 0.1) is 31.7 Å². The number of hydrogen-bond donors (Lipinski definition) is 3. The largest absolute Gasteiger partial charge is 0.508 e. The van der Waals surface area contributed by atoms with E-state index < -0.39 is 0 Å². The molecule has 1 fully saturated rings. The van der Waals surface area contributed by atoms with Crippen LogP contribution in [0.1, 0.15) is 15.9 Å². The summed E-state index contributed by atoms with van der Waals surface area (Å²) in [5.41, 5.74) is 1.86. The molecule has 1 heterocycles. The first kappa shape index (κ1) is 16.3. The van der Waals surface area contributed by atoms with E-state index in [0.717, 1.165) is 26.2 Å². The van der Waals surface area contributed by atoms with Crippen molar-refractivity contribution in [2.24, 2.45) is 0 Å². The van der Waals surface area contributed by atoms with Crippen LogP contribution in [0.5, 0.6) is 11.5 Å². The van der Waals surface area contributed by atoms with Gasteiger partial charge in [-0.2, -0.15) is 0 Å². The Morgan fingerprint density at radius 3 is 2.42 bits per heavy atom. The number of hydrogen-bond acceptors (Lipinski definition) is 4. The molecule has 5 heteroatoms. The molecule has 0 spiro atoms. The van der Waals surface area contributed by atoms with Crippen molar-refractivity contribution in [2.45, 2.75) is 6.92 Å². The lowest BCUT2D eigenvalue weighted by molar-refractivity contribution is -0.892. The normalized spacial score (nSPS) is 15.5. The van der Waals surface area contributed by atoms with Crippen LogP contribution in [0.2, 0.25) is 0 Å². The van der Waals surface area contributed by atoms with E-state index in [9.17, 15) is 15.0 Å². The predicted molar refractivity (Wildman–Crippen MR) is 93.1 cm³/mol. The summed E-state index contributed by atoms with van der Waals surface area (Å²) in [5, 5.41) is 19.7. The Balaban J connectivity index is 1.60. The topological polar surface area (TPSA) is 65.2 Å².